The fourth-order valence-corrected chi connectivity index (χ4v) is 7.16. The molecule has 0 fully saturated rings. The third-order valence-electron chi connectivity index (χ3n) is 7.01. The maximum Gasteiger partial charge on any atom is 0.328 e. The van der Waals surface area contributed by atoms with E-state index in [9.17, 15) is 19.2 Å². The highest BCUT2D eigenvalue weighted by Crippen LogP contribution is 2.28. The molecule has 1 amide bonds. The minimum absolute atomic E-state index is 0.0387. The van der Waals surface area contributed by atoms with Crippen LogP contribution in [0.5, 0.6) is 0 Å². The van der Waals surface area contributed by atoms with Gasteiger partial charge in [-0.05, 0) is 35.8 Å². The molecule has 2 aromatic rings. The van der Waals surface area contributed by atoms with Gasteiger partial charge in [-0.25, -0.2) is 4.79 Å². The molecular formula is C35H49NO6S2. The smallest absolute Gasteiger partial charge is 0.328 e. The van der Waals surface area contributed by atoms with Crippen molar-refractivity contribution in [3.8, 4) is 0 Å². The summed E-state index contributed by atoms with van der Waals surface area (Å²) in [4.78, 5) is 51.6. The molecule has 2 rings (SSSR count). The summed E-state index contributed by atoms with van der Waals surface area (Å²) in [5.41, 5.74) is 1.81. The van der Waals surface area contributed by atoms with Crippen LogP contribution in [-0.2, 0) is 41.9 Å². The second-order valence-corrected chi connectivity index (χ2v) is 14.8. The van der Waals surface area contributed by atoms with Crippen molar-refractivity contribution in [2.45, 2.75) is 80.1 Å². The number of ketones is 1. The molecular weight excluding hydrogens is 595 g/mol. The second kappa shape index (κ2) is 20.3. The Kier molecular flexibility index (Phi) is 17.2. The number of hydrogen-bond donors (Lipinski definition) is 1. The van der Waals surface area contributed by atoms with E-state index in [1.807, 2.05) is 102 Å². The lowest BCUT2D eigenvalue weighted by Gasteiger charge is -2.21. The van der Waals surface area contributed by atoms with Crippen molar-refractivity contribution in [3.63, 3.8) is 0 Å². The lowest BCUT2D eigenvalue weighted by atomic mass is 9.89. The average molecular weight is 644 g/mol. The van der Waals surface area contributed by atoms with Crippen LogP contribution in [-0.4, -0.2) is 41.2 Å². The normalized spacial score (nSPS) is 14.0. The Balaban J connectivity index is 1.77. The minimum atomic E-state index is -0.706. The lowest BCUT2D eigenvalue weighted by Crippen LogP contribution is -2.45. The van der Waals surface area contributed by atoms with E-state index in [1.165, 1.54) is 10.8 Å². The van der Waals surface area contributed by atoms with Gasteiger partial charge >= 0.3 is 11.9 Å². The fourth-order valence-electron chi connectivity index (χ4n) is 4.42. The summed E-state index contributed by atoms with van der Waals surface area (Å²) < 4.78 is 11.0. The first kappa shape index (κ1) is 37.4. The van der Waals surface area contributed by atoms with Gasteiger partial charge in [0.15, 0.2) is 0 Å². The zero-order chi connectivity index (χ0) is 32.5. The van der Waals surface area contributed by atoms with Crippen molar-refractivity contribution < 1.29 is 28.7 Å². The van der Waals surface area contributed by atoms with E-state index < -0.39 is 17.9 Å². The van der Waals surface area contributed by atoms with E-state index in [-0.39, 0.29) is 61.0 Å². The van der Waals surface area contributed by atoms with Crippen LogP contribution in [0, 0.1) is 29.6 Å². The molecule has 0 aliphatic rings. The number of esters is 2. The van der Waals surface area contributed by atoms with Gasteiger partial charge in [-0.1, -0.05) is 124 Å². The SMILES string of the molecule is CC(C)C[C@H](CC(=O)[C@@H](C)CSSC[C@H](C)C(=O)N[C@@H](CC(C)C)C(=O)OCc1ccccc1)C(=O)OCc1ccccc1. The second-order valence-electron chi connectivity index (χ2n) is 12.2. The number of hydrogen-bond acceptors (Lipinski definition) is 8. The van der Waals surface area contributed by atoms with Gasteiger partial charge in [-0.15, -0.1) is 0 Å². The van der Waals surface area contributed by atoms with Crippen molar-refractivity contribution in [2.24, 2.45) is 29.6 Å². The van der Waals surface area contributed by atoms with E-state index in [0.717, 1.165) is 11.1 Å². The molecule has 9 heteroatoms. The molecule has 0 aliphatic carbocycles. The van der Waals surface area contributed by atoms with E-state index in [1.54, 1.807) is 10.8 Å². The quantitative estimate of drug-likeness (QED) is 0.0913. The first-order valence-electron chi connectivity index (χ1n) is 15.4. The monoisotopic (exact) mass is 643 g/mol. The Hall–Kier alpha value is -2.78. The molecule has 44 heavy (non-hydrogen) atoms. The zero-order valence-electron chi connectivity index (χ0n) is 27.0. The molecule has 0 saturated heterocycles. The summed E-state index contributed by atoms with van der Waals surface area (Å²) in [5.74, 6) is -0.375. The summed E-state index contributed by atoms with van der Waals surface area (Å²) in [5, 5.41) is 2.89. The van der Waals surface area contributed by atoms with Crippen LogP contribution >= 0.6 is 21.6 Å². The molecule has 0 heterocycles. The molecule has 0 aromatic heterocycles. The highest BCUT2D eigenvalue weighted by atomic mass is 33.1. The van der Waals surface area contributed by atoms with Crippen LogP contribution in [0.2, 0.25) is 0 Å². The van der Waals surface area contributed by atoms with E-state index in [4.69, 9.17) is 9.47 Å². The van der Waals surface area contributed by atoms with Gasteiger partial charge in [0, 0.05) is 29.8 Å². The Morgan fingerprint density at radius 2 is 1.14 bits per heavy atom. The van der Waals surface area contributed by atoms with Crippen LogP contribution < -0.4 is 5.32 Å². The van der Waals surface area contributed by atoms with Gasteiger partial charge in [0.05, 0.1) is 5.92 Å². The molecule has 242 valence electrons. The van der Waals surface area contributed by atoms with Gasteiger partial charge in [0.2, 0.25) is 5.91 Å². The molecule has 7 nitrogen and oxygen atoms in total. The Labute approximate surface area is 271 Å². The van der Waals surface area contributed by atoms with Crippen LogP contribution in [0.1, 0.15) is 71.9 Å². The molecule has 0 bridgehead atoms. The first-order chi connectivity index (χ1) is 21.0. The van der Waals surface area contributed by atoms with Crippen molar-refractivity contribution in [1.82, 2.24) is 5.32 Å². The number of benzene rings is 2. The van der Waals surface area contributed by atoms with Crippen LogP contribution in [0.4, 0.5) is 0 Å². The summed E-state index contributed by atoms with van der Waals surface area (Å²) in [6.45, 7) is 12.1. The van der Waals surface area contributed by atoms with Gasteiger partial charge in [-0.2, -0.15) is 0 Å². The first-order valence-corrected chi connectivity index (χ1v) is 17.9. The summed E-state index contributed by atoms with van der Waals surface area (Å²) in [7, 11) is 3.07. The zero-order valence-corrected chi connectivity index (χ0v) is 28.6. The third-order valence-corrected chi connectivity index (χ3v) is 9.76. The third kappa shape index (κ3) is 14.8. The highest BCUT2D eigenvalue weighted by molar-refractivity contribution is 8.76. The largest absolute Gasteiger partial charge is 0.461 e. The van der Waals surface area contributed by atoms with E-state index in [2.05, 4.69) is 5.32 Å². The molecule has 0 saturated carbocycles. The molecule has 0 unspecified atom stereocenters. The van der Waals surface area contributed by atoms with E-state index in [0.29, 0.717) is 24.3 Å². The molecule has 4 atom stereocenters. The fraction of sp³-hybridized carbons (Fsp3) is 0.543. The maximum atomic E-state index is 13.0. The average Bonchev–Trinajstić information content (AvgIpc) is 3.00. The molecule has 0 aliphatic heterocycles. The Morgan fingerprint density at radius 3 is 1.64 bits per heavy atom. The molecule has 0 radical (unpaired) electrons. The standard InChI is InChI=1S/C35H49NO6S2/c1-24(2)17-30(34(39)41-20-28-13-9-7-10-14-28)19-32(37)26(5)22-43-44-23-27(6)33(38)36-31(18-25(3)4)35(40)42-21-29-15-11-8-12-16-29/h7-16,24-27,30-31H,17-23H2,1-6H3,(H,36,38)/t26-,27-,30+,31-/m0/s1. The number of Topliss-reactive ketones (excluding diaryl/α,β-unsaturated/α-hetero) is 1. The number of carbonyl (C=O) groups excluding carboxylic acids is 4. The molecule has 2 aromatic carbocycles. The minimum Gasteiger partial charge on any atom is -0.461 e. The van der Waals surface area contributed by atoms with Gasteiger partial charge in [0.1, 0.15) is 25.0 Å². The van der Waals surface area contributed by atoms with Gasteiger partial charge < -0.3 is 14.8 Å². The summed E-state index contributed by atoms with van der Waals surface area (Å²) in [6, 6.07) is 18.3. The van der Waals surface area contributed by atoms with Crippen molar-refractivity contribution >= 4 is 45.2 Å². The number of amides is 1. The van der Waals surface area contributed by atoms with Gasteiger partial charge in [-0.3, -0.25) is 14.4 Å². The Bertz CT molecular complexity index is 1070. The summed E-state index contributed by atoms with van der Waals surface area (Å²) >= 11 is 0. The van der Waals surface area contributed by atoms with Crippen LogP contribution in [0.3, 0.4) is 0 Å². The number of rotatable bonds is 20. The predicted molar refractivity (Wildman–Crippen MR) is 180 cm³/mol. The topological polar surface area (TPSA) is 98.8 Å². The molecule has 1 N–H and O–H groups in total. The molecule has 0 spiro atoms. The predicted octanol–water partition coefficient (Wildman–Crippen LogP) is 7.28. The van der Waals surface area contributed by atoms with Crippen molar-refractivity contribution in [1.29, 1.82) is 0 Å². The van der Waals surface area contributed by atoms with Gasteiger partial charge in [0.25, 0.3) is 0 Å². The number of nitrogens with one attached hydrogen (secondary N) is 1. The maximum absolute atomic E-state index is 13.0. The van der Waals surface area contributed by atoms with E-state index >= 15 is 0 Å². The van der Waals surface area contributed by atoms with Crippen molar-refractivity contribution in [2.75, 3.05) is 11.5 Å². The lowest BCUT2D eigenvalue weighted by molar-refractivity contribution is -0.152. The van der Waals surface area contributed by atoms with Crippen molar-refractivity contribution in [3.05, 3.63) is 71.8 Å². The van der Waals surface area contributed by atoms with Crippen LogP contribution in [0.25, 0.3) is 0 Å². The highest BCUT2D eigenvalue weighted by Gasteiger charge is 2.28. The van der Waals surface area contributed by atoms with Crippen LogP contribution in [0.15, 0.2) is 60.7 Å². The number of ether oxygens (including phenoxy) is 2. The summed E-state index contributed by atoms with van der Waals surface area (Å²) in [6.07, 6.45) is 1.25. The number of carbonyl (C=O) groups is 4. The Morgan fingerprint density at radius 1 is 0.659 bits per heavy atom.